The minimum absolute atomic E-state index is 0.0611. The fraction of sp³-hybridized carbons (Fsp3) is 0.600. The van der Waals surface area contributed by atoms with Gasteiger partial charge in [-0.25, -0.2) is 0 Å². The summed E-state index contributed by atoms with van der Waals surface area (Å²) >= 11 is 0. The Hall–Kier alpha value is -0.790. The van der Waals surface area contributed by atoms with Gasteiger partial charge in [0.05, 0.1) is 12.5 Å². The van der Waals surface area contributed by atoms with Gasteiger partial charge in [-0.2, -0.15) is 0 Å². The molecule has 2 unspecified atom stereocenters. The molecule has 2 heteroatoms. The molecule has 0 saturated heterocycles. The maximum Gasteiger partial charge on any atom is 0.309 e. The summed E-state index contributed by atoms with van der Waals surface area (Å²) in [6.45, 7) is 8.00. The molecule has 12 heavy (non-hydrogen) atoms. The molecule has 0 aromatic heterocycles. The van der Waals surface area contributed by atoms with Gasteiger partial charge in [-0.15, -0.1) is 0 Å². The third kappa shape index (κ3) is 2.10. The van der Waals surface area contributed by atoms with Crippen LogP contribution < -0.4 is 0 Å². The van der Waals surface area contributed by atoms with Gasteiger partial charge in [0.25, 0.3) is 0 Å². The zero-order valence-corrected chi connectivity index (χ0v) is 7.32. The monoisotopic (exact) mass is 166 g/mol. The molecule has 2 nitrogen and oxygen atoms in total. The first-order valence-electron chi connectivity index (χ1n) is 4.33. The smallest absolute Gasteiger partial charge is 0.309 e. The molecule has 0 amide bonds. The van der Waals surface area contributed by atoms with Gasteiger partial charge in [0, 0.05) is 0 Å². The lowest BCUT2D eigenvalue weighted by Gasteiger charge is -2.22. The molecule has 0 heterocycles. The Morgan fingerprint density at radius 2 is 2.25 bits per heavy atom. The lowest BCUT2D eigenvalue weighted by Crippen LogP contribution is -2.25. The highest BCUT2D eigenvalue weighted by Gasteiger charge is 2.26. The number of carbonyl (C=O) groups excluding carboxylic acids is 1. The summed E-state index contributed by atoms with van der Waals surface area (Å²) in [6.07, 6.45) is 5.51. The van der Waals surface area contributed by atoms with Crippen LogP contribution in [0.25, 0.3) is 0 Å². The second-order valence-electron chi connectivity index (χ2n) is 2.97. The van der Waals surface area contributed by atoms with Crippen molar-refractivity contribution in [3.63, 3.8) is 0 Å². The molecule has 0 aromatic rings. The van der Waals surface area contributed by atoms with Gasteiger partial charge in [0.2, 0.25) is 0 Å². The number of esters is 1. The maximum absolute atomic E-state index is 11.3. The predicted molar refractivity (Wildman–Crippen MR) is 46.3 cm³/mol. The molecule has 2 radical (unpaired) electrons. The molecule has 0 spiro atoms. The number of rotatable bonds is 2. The van der Waals surface area contributed by atoms with E-state index >= 15 is 0 Å². The minimum Gasteiger partial charge on any atom is -0.466 e. The summed E-state index contributed by atoms with van der Waals surface area (Å²) in [5.41, 5.74) is 0. The highest BCUT2D eigenvalue weighted by Crippen LogP contribution is 2.25. The van der Waals surface area contributed by atoms with Crippen molar-refractivity contribution in [1.82, 2.24) is 0 Å². The largest absolute Gasteiger partial charge is 0.466 e. The highest BCUT2D eigenvalue weighted by atomic mass is 16.5. The first kappa shape index (κ1) is 9.30. The molecule has 66 valence electrons. The van der Waals surface area contributed by atoms with E-state index in [0.29, 0.717) is 6.61 Å². The number of carbonyl (C=O) groups is 1. The first-order valence-corrected chi connectivity index (χ1v) is 4.33. The molecule has 2 atom stereocenters. The van der Waals surface area contributed by atoms with E-state index < -0.39 is 0 Å². The van der Waals surface area contributed by atoms with Gasteiger partial charge in [-0.1, -0.05) is 12.2 Å². The lowest BCUT2D eigenvalue weighted by atomic mass is 9.84. The van der Waals surface area contributed by atoms with Crippen molar-refractivity contribution in [2.24, 2.45) is 11.8 Å². The standard InChI is InChI=1S/C10H14O2/c1-3-12-10(11)9-7-5-4-6-8(9)2/h2,4-5,8-9H,3,6-7H2,1H3. The third-order valence-corrected chi connectivity index (χ3v) is 2.07. The van der Waals surface area contributed by atoms with Crippen molar-refractivity contribution in [1.29, 1.82) is 0 Å². The Labute approximate surface area is 73.6 Å². The van der Waals surface area contributed by atoms with Gasteiger partial charge in [-0.05, 0) is 32.6 Å². The highest BCUT2D eigenvalue weighted by molar-refractivity contribution is 5.73. The summed E-state index contributed by atoms with van der Waals surface area (Å²) in [6, 6.07) is 0. The van der Waals surface area contributed by atoms with Crippen LogP contribution in [0.4, 0.5) is 0 Å². The lowest BCUT2D eigenvalue weighted by molar-refractivity contribution is -0.149. The number of hydrogen-bond donors (Lipinski definition) is 0. The van der Waals surface area contributed by atoms with Gasteiger partial charge in [0.15, 0.2) is 0 Å². The van der Waals surface area contributed by atoms with Gasteiger partial charge in [-0.3, -0.25) is 4.79 Å². The van der Waals surface area contributed by atoms with E-state index in [1.54, 1.807) is 0 Å². The van der Waals surface area contributed by atoms with Crippen molar-refractivity contribution < 1.29 is 9.53 Å². The van der Waals surface area contributed by atoms with Crippen LogP contribution in [0.5, 0.6) is 0 Å². The topological polar surface area (TPSA) is 26.3 Å². The van der Waals surface area contributed by atoms with Crippen LogP contribution in [0, 0.1) is 18.8 Å². The zero-order valence-electron chi connectivity index (χ0n) is 7.32. The molecular formula is C10H14O2. The Morgan fingerprint density at radius 3 is 2.83 bits per heavy atom. The predicted octanol–water partition coefficient (Wildman–Crippen LogP) is 1.84. The normalized spacial score (nSPS) is 28.5. The van der Waals surface area contributed by atoms with Crippen LogP contribution in [-0.2, 0) is 9.53 Å². The van der Waals surface area contributed by atoms with E-state index in [9.17, 15) is 4.79 Å². The van der Waals surface area contributed by atoms with Gasteiger partial charge < -0.3 is 4.74 Å². The number of allylic oxidation sites excluding steroid dienone is 2. The Bertz CT molecular complexity index is 184. The van der Waals surface area contributed by atoms with Crippen LogP contribution in [0.3, 0.4) is 0 Å². The molecule has 1 aliphatic rings. The second kappa shape index (κ2) is 4.29. The van der Waals surface area contributed by atoms with Crippen LogP contribution in [0.15, 0.2) is 12.2 Å². The summed E-state index contributed by atoms with van der Waals surface area (Å²) in [5, 5.41) is 0. The molecular weight excluding hydrogens is 152 g/mol. The second-order valence-corrected chi connectivity index (χ2v) is 2.97. The van der Waals surface area contributed by atoms with Crippen molar-refractivity contribution in [2.45, 2.75) is 19.8 Å². The van der Waals surface area contributed by atoms with Crippen molar-refractivity contribution >= 4 is 5.97 Å². The Balaban J connectivity index is 2.49. The number of ether oxygens (including phenoxy) is 1. The molecule has 1 rings (SSSR count). The van der Waals surface area contributed by atoms with E-state index in [2.05, 4.69) is 0 Å². The Kier molecular flexibility index (Phi) is 3.32. The Morgan fingerprint density at radius 1 is 1.58 bits per heavy atom. The van der Waals surface area contributed by atoms with Gasteiger partial charge >= 0.3 is 5.97 Å². The molecule has 0 saturated carbocycles. The van der Waals surface area contributed by atoms with E-state index in [-0.39, 0.29) is 17.8 Å². The van der Waals surface area contributed by atoms with Crippen molar-refractivity contribution in [3.05, 3.63) is 19.1 Å². The fourth-order valence-corrected chi connectivity index (χ4v) is 1.36. The van der Waals surface area contributed by atoms with E-state index in [1.165, 1.54) is 0 Å². The molecule has 1 aliphatic carbocycles. The summed E-state index contributed by atoms with van der Waals surface area (Å²) in [7, 11) is 0. The van der Waals surface area contributed by atoms with Gasteiger partial charge in [0.1, 0.15) is 0 Å². The van der Waals surface area contributed by atoms with Crippen LogP contribution in [0.2, 0.25) is 0 Å². The number of hydrogen-bond acceptors (Lipinski definition) is 2. The summed E-state index contributed by atoms with van der Waals surface area (Å²) < 4.78 is 4.90. The summed E-state index contributed by atoms with van der Waals surface area (Å²) in [4.78, 5) is 11.3. The van der Waals surface area contributed by atoms with Crippen molar-refractivity contribution in [3.8, 4) is 0 Å². The van der Waals surface area contributed by atoms with Crippen molar-refractivity contribution in [2.75, 3.05) is 6.61 Å². The third-order valence-electron chi connectivity index (χ3n) is 2.07. The average molecular weight is 166 g/mol. The van der Waals surface area contributed by atoms with Crippen LogP contribution in [-0.4, -0.2) is 12.6 Å². The fourth-order valence-electron chi connectivity index (χ4n) is 1.36. The van der Waals surface area contributed by atoms with Crippen LogP contribution in [0.1, 0.15) is 19.8 Å². The average Bonchev–Trinajstić information content (AvgIpc) is 2.05. The summed E-state index contributed by atoms with van der Waals surface area (Å²) in [5.74, 6) is -0.349. The molecule has 0 N–H and O–H groups in total. The van der Waals surface area contributed by atoms with E-state index in [0.717, 1.165) is 12.8 Å². The van der Waals surface area contributed by atoms with E-state index in [4.69, 9.17) is 11.7 Å². The first-order chi connectivity index (χ1) is 5.75. The zero-order chi connectivity index (χ0) is 8.97. The quantitative estimate of drug-likeness (QED) is 0.462. The molecule has 0 aliphatic heterocycles. The molecule has 0 aromatic carbocycles. The molecule has 0 fully saturated rings. The van der Waals surface area contributed by atoms with Crippen LogP contribution >= 0.6 is 0 Å². The van der Waals surface area contributed by atoms with E-state index in [1.807, 2.05) is 19.1 Å². The SMILES string of the molecule is [CH]C1CC=CCC1C(=O)OCC. The maximum atomic E-state index is 11.3. The molecule has 0 bridgehead atoms. The minimum atomic E-state index is -0.158.